The smallest absolute Gasteiger partial charge is 0.0466 e. The SMILES string of the molecule is NCCCCCCOCCCCCCN. The molecule has 0 atom stereocenters. The van der Waals surface area contributed by atoms with E-state index in [4.69, 9.17) is 16.2 Å². The van der Waals surface area contributed by atoms with Crippen LogP contribution in [0.15, 0.2) is 0 Å². The number of ether oxygens (including phenoxy) is 1. The van der Waals surface area contributed by atoms with E-state index in [-0.39, 0.29) is 0 Å². The van der Waals surface area contributed by atoms with Gasteiger partial charge in [-0.25, -0.2) is 0 Å². The van der Waals surface area contributed by atoms with Crippen molar-refractivity contribution in [3.05, 3.63) is 0 Å². The van der Waals surface area contributed by atoms with E-state index in [9.17, 15) is 0 Å². The molecule has 92 valence electrons. The quantitative estimate of drug-likeness (QED) is 0.491. The van der Waals surface area contributed by atoms with Crippen LogP contribution in [0.2, 0.25) is 0 Å². The summed E-state index contributed by atoms with van der Waals surface area (Å²) < 4.78 is 5.53. The summed E-state index contributed by atoms with van der Waals surface area (Å²) in [7, 11) is 0. The lowest BCUT2D eigenvalue weighted by atomic mass is 10.2. The molecule has 0 spiro atoms. The average molecular weight is 216 g/mol. The fraction of sp³-hybridized carbons (Fsp3) is 1.00. The van der Waals surface area contributed by atoms with Crippen LogP contribution < -0.4 is 11.5 Å². The van der Waals surface area contributed by atoms with Gasteiger partial charge < -0.3 is 16.2 Å². The molecule has 0 aliphatic rings. The van der Waals surface area contributed by atoms with E-state index in [1.54, 1.807) is 0 Å². The van der Waals surface area contributed by atoms with Crippen molar-refractivity contribution in [2.75, 3.05) is 26.3 Å². The minimum absolute atomic E-state index is 0.821. The first kappa shape index (κ1) is 14.9. The molecule has 4 N–H and O–H groups in total. The molecular formula is C12H28N2O. The minimum atomic E-state index is 0.821. The summed E-state index contributed by atoms with van der Waals surface area (Å²) >= 11 is 0. The molecule has 0 bridgehead atoms. The molecule has 0 aromatic rings. The molecule has 0 aromatic carbocycles. The Kier molecular flexibility index (Phi) is 13.8. The molecule has 0 saturated carbocycles. The Hall–Kier alpha value is -0.120. The molecule has 0 rings (SSSR count). The second-order valence-corrected chi connectivity index (χ2v) is 4.02. The van der Waals surface area contributed by atoms with Crippen molar-refractivity contribution in [2.45, 2.75) is 51.4 Å². The Morgan fingerprint density at radius 1 is 0.533 bits per heavy atom. The Morgan fingerprint density at radius 2 is 0.933 bits per heavy atom. The largest absolute Gasteiger partial charge is 0.381 e. The number of nitrogens with two attached hydrogens (primary N) is 2. The van der Waals surface area contributed by atoms with Gasteiger partial charge >= 0.3 is 0 Å². The van der Waals surface area contributed by atoms with Crippen molar-refractivity contribution in [2.24, 2.45) is 11.5 Å². The first-order chi connectivity index (χ1) is 7.41. The van der Waals surface area contributed by atoms with Crippen LogP contribution in [-0.2, 0) is 4.74 Å². The highest BCUT2D eigenvalue weighted by Gasteiger charge is 1.91. The van der Waals surface area contributed by atoms with Gasteiger partial charge in [-0.15, -0.1) is 0 Å². The number of unbranched alkanes of at least 4 members (excludes halogenated alkanes) is 6. The predicted octanol–water partition coefficient (Wildman–Crippen LogP) is 2.04. The lowest BCUT2D eigenvalue weighted by Gasteiger charge is -2.03. The van der Waals surface area contributed by atoms with Gasteiger partial charge in [0.05, 0.1) is 0 Å². The second kappa shape index (κ2) is 13.9. The molecule has 0 radical (unpaired) electrons. The molecular weight excluding hydrogens is 188 g/mol. The number of hydrogen-bond acceptors (Lipinski definition) is 3. The van der Waals surface area contributed by atoms with Gasteiger partial charge in [0.2, 0.25) is 0 Å². The maximum Gasteiger partial charge on any atom is 0.0466 e. The molecule has 0 aromatic heterocycles. The third-order valence-corrected chi connectivity index (χ3v) is 2.49. The van der Waals surface area contributed by atoms with Gasteiger partial charge in [-0.2, -0.15) is 0 Å². The lowest BCUT2D eigenvalue weighted by Crippen LogP contribution is -2.01. The summed E-state index contributed by atoms with van der Waals surface area (Å²) in [5.74, 6) is 0. The molecule has 0 aliphatic heterocycles. The molecule has 0 amide bonds. The van der Waals surface area contributed by atoms with Crippen LogP contribution >= 0.6 is 0 Å². The Balaban J connectivity index is 2.81. The molecule has 15 heavy (non-hydrogen) atoms. The molecule has 0 fully saturated rings. The Labute approximate surface area is 94.5 Å². The van der Waals surface area contributed by atoms with E-state index < -0.39 is 0 Å². The highest BCUT2D eigenvalue weighted by atomic mass is 16.5. The summed E-state index contributed by atoms with van der Waals surface area (Å²) in [5, 5.41) is 0. The normalized spacial score (nSPS) is 10.8. The maximum absolute atomic E-state index is 5.53. The number of rotatable bonds is 12. The first-order valence-electron chi connectivity index (χ1n) is 6.39. The Morgan fingerprint density at radius 3 is 1.33 bits per heavy atom. The average Bonchev–Trinajstić information content (AvgIpc) is 2.26. The van der Waals surface area contributed by atoms with E-state index in [0.717, 1.165) is 39.1 Å². The molecule has 0 heterocycles. The zero-order chi connectivity index (χ0) is 11.2. The number of hydrogen-bond donors (Lipinski definition) is 2. The standard InChI is InChI=1S/C12H28N2O/c13-9-5-1-3-7-11-15-12-8-4-2-6-10-14/h1-14H2. The lowest BCUT2D eigenvalue weighted by molar-refractivity contribution is 0.126. The maximum atomic E-state index is 5.53. The van der Waals surface area contributed by atoms with Crippen LogP contribution in [-0.4, -0.2) is 26.3 Å². The molecule has 3 heteroatoms. The summed E-state index contributed by atoms with van der Waals surface area (Å²) in [6.07, 6.45) is 9.67. The fourth-order valence-electron chi connectivity index (χ4n) is 1.51. The van der Waals surface area contributed by atoms with Gasteiger partial charge in [-0.3, -0.25) is 0 Å². The van der Waals surface area contributed by atoms with Crippen LogP contribution in [0.25, 0.3) is 0 Å². The van der Waals surface area contributed by atoms with Crippen LogP contribution in [0.5, 0.6) is 0 Å². The third kappa shape index (κ3) is 13.9. The molecule has 0 saturated heterocycles. The van der Waals surface area contributed by atoms with Gasteiger partial charge in [-0.05, 0) is 38.8 Å². The van der Waals surface area contributed by atoms with Crippen molar-refractivity contribution in [3.8, 4) is 0 Å². The zero-order valence-corrected chi connectivity index (χ0v) is 10.0. The van der Waals surface area contributed by atoms with E-state index >= 15 is 0 Å². The van der Waals surface area contributed by atoms with Gasteiger partial charge in [0.25, 0.3) is 0 Å². The van der Waals surface area contributed by atoms with Crippen molar-refractivity contribution in [1.82, 2.24) is 0 Å². The van der Waals surface area contributed by atoms with Gasteiger partial charge in [-0.1, -0.05) is 25.7 Å². The summed E-state index contributed by atoms with van der Waals surface area (Å²) in [4.78, 5) is 0. The molecule has 0 unspecified atom stereocenters. The topological polar surface area (TPSA) is 61.3 Å². The predicted molar refractivity (Wildman–Crippen MR) is 65.9 cm³/mol. The first-order valence-corrected chi connectivity index (χ1v) is 6.39. The van der Waals surface area contributed by atoms with Crippen molar-refractivity contribution >= 4 is 0 Å². The highest BCUT2D eigenvalue weighted by molar-refractivity contribution is 4.45. The third-order valence-electron chi connectivity index (χ3n) is 2.49. The van der Waals surface area contributed by atoms with Gasteiger partial charge in [0.1, 0.15) is 0 Å². The van der Waals surface area contributed by atoms with Crippen LogP contribution in [0.1, 0.15) is 51.4 Å². The Bertz CT molecular complexity index is 97.8. The van der Waals surface area contributed by atoms with E-state index in [0.29, 0.717) is 0 Å². The van der Waals surface area contributed by atoms with Crippen LogP contribution in [0.3, 0.4) is 0 Å². The van der Waals surface area contributed by atoms with Crippen LogP contribution in [0, 0.1) is 0 Å². The van der Waals surface area contributed by atoms with E-state index in [1.807, 2.05) is 0 Å². The van der Waals surface area contributed by atoms with E-state index in [1.165, 1.54) is 38.5 Å². The van der Waals surface area contributed by atoms with Gasteiger partial charge in [0, 0.05) is 13.2 Å². The summed E-state index contributed by atoms with van der Waals surface area (Å²) in [5.41, 5.74) is 10.8. The minimum Gasteiger partial charge on any atom is -0.381 e. The highest BCUT2D eigenvalue weighted by Crippen LogP contribution is 2.01. The molecule has 0 aliphatic carbocycles. The van der Waals surface area contributed by atoms with Crippen molar-refractivity contribution in [1.29, 1.82) is 0 Å². The zero-order valence-electron chi connectivity index (χ0n) is 10.0. The van der Waals surface area contributed by atoms with Gasteiger partial charge in [0.15, 0.2) is 0 Å². The summed E-state index contributed by atoms with van der Waals surface area (Å²) in [6.45, 7) is 3.48. The van der Waals surface area contributed by atoms with E-state index in [2.05, 4.69) is 0 Å². The van der Waals surface area contributed by atoms with Crippen molar-refractivity contribution in [3.63, 3.8) is 0 Å². The van der Waals surface area contributed by atoms with Crippen LogP contribution in [0.4, 0.5) is 0 Å². The van der Waals surface area contributed by atoms with Crippen molar-refractivity contribution < 1.29 is 4.74 Å². The fourth-order valence-corrected chi connectivity index (χ4v) is 1.51. The monoisotopic (exact) mass is 216 g/mol. The molecule has 3 nitrogen and oxygen atoms in total. The summed E-state index contributed by atoms with van der Waals surface area (Å²) in [6, 6.07) is 0. The second-order valence-electron chi connectivity index (χ2n) is 4.02.